The van der Waals surface area contributed by atoms with Crippen LogP contribution in [0.25, 0.3) is 0 Å². The van der Waals surface area contributed by atoms with E-state index in [4.69, 9.17) is 5.73 Å². The minimum absolute atomic E-state index is 0.0992. The number of nitrogens with zero attached hydrogens (tertiary/aromatic N) is 3. The second-order valence-electron chi connectivity index (χ2n) is 4.49. The zero-order chi connectivity index (χ0) is 12.6. The summed E-state index contributed by atoms with van der Waals surface area (Å²) in [4.78, 5) is 16.2. The average molecular weight is 263 g/mol. The van der Waals surface area contributed by atoms with Crippen molar-refractivity contribution < 1.29 is 4.79 Å². The summed E-state index contributed by atoms with van der Waals surface area (Å²) in [5.41, 5.74) is 7.19. The molecule has 0 radical (unpaired) electrons. The number of hydrogen-bond acceptors (Lipinski definition) is 6. The molecule has 1 aromatic heterocycles. The topological polar surface area (TPSA) is 93.3 Å². The van der Waals surface area contributed by atoms with Crippen LogP contribution >= 0.6 is 11.3 Å². The molecule has 6 nitrogen and oxygen atoms in total. The molecule has 1 saturated carbocycles. The van der Waals surface area contributed by atoms with Crippen molar-refractivity contribution in [2.75, 3.05) is 0 Å². The van der Waals surface area contributed by atoms with Gasteiger partial charge in [0.25, 0.3) is 0 Å². The van der Waals surface area contributed by atoms with E-state index in [0.717, 1.165) is 24.3 Å². The quantitative estimate of drug-likeness (QED) is 0.814. The number of primary amides is 1. The molecule has 3 N–H and O–H groups in total. The number of aromatic nitrogens is 2. The highest BCUT2D eigenvalue weighted by molar-refractivity contribution is 7.09. The largest absolute Gasteiger partial charge is 0.366 e. The number of aliphatic imine (C=N–C) groups is 1. The molecule has 0 bridgehead atoms. The van der Waals surface area contributed by atoms with Crippen LogP contribution in [-0.2, 0) is 4.79 Å². The highest BCUT2D eigenvalue weighted by Gasteiger charge is 2.50. The minimum atomic E-state index is -0.545. The average Bonchev–Trinajstić information content (AvgIpc) is 2.98. The van der Waals surface area contributed by atoms with Crippen molar-refractivity contribution in [3.8, 4) is 0 Å². The van der Waals surface area contributed by atoms with Crippen molar-refractivity contribution in [3.05, 3.63) is 22.3 Å². The first-order chi connectivity index (χ1) is 8.74. The molecular weight excluding hydrogens is 250 g/mol. The Morgan fingerprint density at radius 1 is 1.61 bits per heavy atom. The van der Waals surface area contributed by atoms with Gasteiger partial charge in [-0.25, -0.2) is 0 Å². The summed E-state index contributed by atoms with van der Waals surface area (Å²) in [5.74, 6) is -0.321. The van der Waals surface area contributed by atoms with Crippen molar-refractivity contribution in [1.29, 1.82) is 0 Å². The smallest absolute Gasteiger partial charge is 0.248 e. The third-order valence-electron chi connectivity index (χ3n) is 3.63. The van der Waals surface area contributed by atoms with Crippen molar-refractivity contribution in [2.45, 2.75) is 30.7 Å². The first-order valence-corrected chi connectivity index (χ1v) is 6.68. The first kappa shape index (κ1) is 11.3. The molecule has 2 aliphatic rings. The molecule has 1 amide bonds. The van der Waals surface area contributed by atoms with E-state index >= 15 is 0 Å². The van der Waals surface area contributed by atoms with Crippen molar-refractivity contribution in [3.63, 3.8) is 0 Å². The molecule has 7 heteroatoms. The van der Waals surface area contributed by atoms with Gasteiger partial charge in [0.05, 0.1) is 11.9 Å². The highest BCUT2D eigenvalue weighted by atomic mass is 32.1. The van der Waals surface area contributed by atoms with Gasteiger partial charge in [-0.3, -0.25) is 9.79 Å². The maximum Gasteiger partial charge on any atom is 0.248 e. The number of rotatable bonds is 2. The molecule has 1 aliphatic heterocycles. The number of carbonyl (C=O) groups excluding carboxylic acids is 1. The van der Waals surface area contributed by atoms with E-state index in [1.54, 1.807) is 18.0 Å². The van der Waals surface area contributed by atoms with Crippen molar-refractivity contribution >= 4 is 23.6 Å². The van der Waals surface area contributed by atoms with E-state index in [0.29, 0.717) is 5.57 Å². The van der Waals surface area contributed by atoms with Crippen LogP contribution < -0.4 is 11.1 Å². The van der Waals surface area contributed by atoms with Gasteiger partial charge in [-0.15, -0.1) is 21.5 Å². The summed E-state index contributed by atoms with van der Waals surface area (Å²) in [6.45, 7) is 0. The van der Waals surface area contributed by atoms with Gasteiger partial charge in [-0.1, -0.05) is 0 Å². The number of amides is 1. The molecule has 0 saturated heterocycles. The fourth-order valence-corrected chi connectivity index (χ4v) is 3.65. The van der Waals surface area contributed by atoms with Crippen LogP contribution in [-0.4, -0.2) is 28.0 Å². The van der Waals surface area contributed by atoms with E-state index < -0.39 is 11.4 Å². The van der Waals surface area contributed by atoms with Gasteiger partial charge in [-0.2, -0.15) is 0 Å². The molecule has 2 heterocycles. The van der Waals surface area contributed by atoms with Crippen molar-refractivity contribution in [1.82, 2.24) is 15.5 Å². The first-order valence-electron chi connectivity index (χ1n) is 5.80. The zero-order valence-corrected chi connectivity index (χ0v) is 10.5. The predicted molar refractivity (Wildman–Crippen MR) is 68.1 cm³/mol. The van der Waals surface area contributed by atoms with Crippen LogP contribution in [0.4, 0.5) is 0 Å². The van der Waals surface area contributed by atoms with Crippen LogP contribution in [0.2, 0.25) is 0 Å². The van der Waals surface area contributed by atoms with Gasteiger partial charge >= 0.3 is 0 Å². The molecule has 94 valence electrons. The monoisotopic (exact) mass is 263 g/mol. The van der Waals surface area contributed by atoms with E-state index in [1.165, 1.54) is 11.3 Å². The number of nitrogens with one attached hydrogen (secondary N) is 1. The Balaban J connectivity index is 2.06. The molecule has 2 atom stereocenters. The van der Waals surface area contributed by atoms with Gasteiger partial charge in [0.1, 0.15) is 16.1 Å². The third-order valence-corrected chi connectivity index (χ3v) is 4.44. The van der Waals surface area contributed by atoms with Crippen LogP contribution in [0.5, 0.6) is 0 Å². The molecule has 18 heavy (non-hydrogen) atoms. The highest BCUT2D eigenvalue weighted by Crippen LogP contribution is 2.50. The lowest BCUT2D eigenvalue weighted by Gasteiger charge is -2.33. The standard InChI is InChI=1S/C11H13N5OS/c12-9(17)8-4-13-5-14-11(8)3-1-2-7(11)10-16-15-6-18-10/h4-7H,1-3H2,(H2,12,17)(H,13,14). The molecule has 2 unspecified atom stereocenters. The Bertz CT molecular complexity index is 524. The Kier molecular flexibility index (Phi) is 2.62. The maximum atomic E-state index is 11.6. The molecule has 0 aromatic carbocycles. The molecule has 1 aliphatic carbocycles. The zero-order valence-electron chi connectivity index (χ0n) is 9.67. The molecular formula is C11H13N5OS. The molecule has 3 rings (SSSR count). The lowest BCUT2D eigenvalue weighted by atomic mass is 9.80. The Hall–Kier alpha value is -1.76. The van der Waals surface area contributed by atoms with Crippen LogP contribution in [0.15, 0.2) is 22.3 Å². The lowest BCUT2D eigenvalue weighted by Crippen LogP contribution is -2.42. The SMILES string of the molecule is NC(=O)C1=CNC=NC12CCCC2c1nncs1. The molecule has 1 fully saturated rings. The van der Waals surface area contributed by atoms with Gasteiger partial charge in [0.2, 0.25) is 5.91 Å². The van der Waals surface area contributed by atoms with Crippen LogP contribution in [0.1, 0.15) is 30.2 Å². The van der Waals surface area contributed by atoms with E-state index in [2.05, 4.69) is 20.5 Å². The fraction of sp³-hybridized carbons (Fsp3) is 0.455. The summed E-state index contributed by atoms with van der Waals surface area (Å²) >= 11 is 1.51. The maximum absolute atomic E-state index is 11.6. The molecule has 1 spiro atoms. The van der Waals surface area contributed by atoms with Gasteiger partial charge in [0.15, 0.2) is 0 Å². The third kappa shape index (κ3) is 1.54. The molecule has 1 aromatic rings. The second-order valence-corrected chi connectivity index (χ2v) is 5.36. The predicted octanol–water partition coefficient (Wildman–Crippen LogP) is 0.545. The van der Waals surface area contributed by atoms with E-state index in [-0.39, 0.29) is 5.92 Å². The van der Waals surface area contributed by atoms with Crippen LogP contribution in [0, 0.1) is 0 Å². The summed E-state index contributed by atoms with van der Waals surface area (Å²) in [7, 11) is 0. The second kappa shape index (κ2) is 4.16. The Labute approximate surface area is 108 Å². The Morgan fingerprint density at radius 2 is 2.50 bits per heavy atom. The number of nitrogens with two attached hydrogens (primary N) is 1. The van der Waals surface area contributed by atoms with Gasteiger partial charge in [0, 0.05) is 12.1 Å². The summed E-state index contributed by atoms with van der Waals surface area (Å²) in [5, 5.41) is 11.8. The number of carbonyl (C=O) groups is 1. The van der Waals surface area contributed by atoms with E-state index in [9.17, 15) is 4.79 Å². The van der Waals surface area contributed by atoms with Crippen molar-refractivity contribution in [2.24, 2.45) is 10.7 Å². The van der Waals surface area contributed by atoms with Gasteiger partial charge < -0.3 is 11.1 Å². The van der Waals surface area contributed by atoms with Crippen LogP contribution in [0.3, 0.4) is 0 Å². The van der Waals surface area contributed by atoms with Gasteiger partial charge in [-0.05, 0) is 19.3 Å². The summed E-state index contributed by atoms with van der Waals surface area (Å²) in [6, 6.07) is 0. The Morgan fingerprint density at radius 3 is 3.22 bits per heavy atom. The lowest BCUT2D eigenvalue weighted by molar-refractivity contribution is -0.115. The number of hydrogen-bond donors (Lipinski definition) is 2. The summed E-state index contributed by atoms with van der Waals surface area (Å²) in [6.07, 6.45) is 6.08. The summed E-state index contributed by atoms with van der Waals surface area (Å²) < 4.78 is 0. The van der Waals surface area contributed by atoms with E-state index in [1.807, 2.05) is 0 Å². The normalized spacial score (nSPS) is 30.2. The minimum Gasteiger partial charge on any atom is -0.366 e. The fourth-order valence-electron chi connectivity index (χ4n) is 2.88.